The molecule has 1 N–H and O–H groups in total. The lowest BCUT2D eigenvalue weighted by Crippen LogP contribution is -2.29. The monoisotopic (exact) mass is 251 g/mol. The van der Waals surface area contributed by atoms with Crippen LogP contribution in [0.2, 0.25) is 0 Å². The van der Waals surface area contributed by atoms with E-state index in [4.69, 9.17) is 5.11 Å². The van der Waals surface area contributed by atoms with Crippen LogP contribution in [0.4, 0.5) is 0 Å². The Labute approximate surface area is 108 Å². The number of aliphatic hydroxyl groups is 1. The van der Waals surface area contributed by atoms with Crippen molar-refractivity contribution in [1.82, 2.24) is 4.90 Å². The molecule has 0 aliphatic carbocycles. The number of thiophene rings is 1. The number of rotatable bonds is 6. The predicted octanol–water partition coefficient (Wildman–Crippen LogP) is 3.00. The summed E-state index contributed by atoms with van der Waals surface area (Å²) in [7, 11) is 0. The number of unbranched alkanes of at least 4 members (excludes halogenated alkanes) is 2. The third-order valence-corrected chi connectivity index (χ3v) is 4.21. The number of hydrogen-bond donors (Lipinski definition) is 1. The molecule has 0 spiro atoms. The molecule has 0 bridgehead atoms. The van der Waals surface area contributed by atoms with Crippen LogP contribution < -0.4 is 0 Å². The number of aliphatic hydroxyl groups excluding tert-OH is 1. The third kappa shape index (κ3) is 3.95. The molecule has 17 heavy (non-hydrogen) atoms. The normalized spacial score (nSPS) is 17.1. The first-order valence-electron chi connectivity index (χ1n) is 6.46. The van der Waals surface area contributed by atoms with Crippen molar-refractivity contribution < 1.29 is 5.11 Å². The van der Waals surface area contributed by atoms with Gasteiger partial charge in [0, 0.05) is 24.6 Å². The smallest absolute Gasteiger partial charge is 0.0431 e. The van der Waals surface area contributed by atoms with E-state index in [1.807, 2.05) is 11.3 Å². The van der Waals surface area contributed by atoms with Crippen LogP contribution in [0.25, 0.3) is 5.57 Å². The van der Waals surface area contributed by atoms with E-state index in [0.717, 1.165) is 19.4 Å². The van der Waals surface area contributed by atoms with E-state index in [2.05, 4.69) is 28.5 Å². The lowest BCUT2D eigenvalue weighted by atomic mass is 10.1. The molecule has 1 aliphatic rings. The molecule has 0 atom stereocenters. The third-order valence-electron chi connectivity index (χ3n) is 3.26. The van der Waals surface area contributed by atoms with Crippen LogP contribution in [-0.4, -0.2) is 36.2 Å². The zero-order valence-electron chi connectivity index (χ0n) is 10.3. The fourth-order valence-corrected chi connectivity index (χ4v) is 3.02. The van der Waals surface area contributed by atoms with Gasteiger partial charge in [-0.15, -0.1) is 11.3 Å². The Morgan fingerprint density at radius 2 is 2.24 bits per heavy atom. The van der Waals surface area contributed by atoms with E-state index < -0.39 is 0 Å². The summed E-state index contributed by atoms with van der Waals surface area (Å²) in [5, 5.41) is 10.9. The zero-order valence-corrected chi connectivity index (χ0v) is 11.1. The molecule has 0 saturated carbocycles. The first-order valence-corrected chi connectivity index (χ1v) is 7.34. The highest BCUT2D eigenvalue weighted by Gasteiger charge is 2.12. The minimum absolute atomic E-state index is 0.336. The van der Waals surface area contributed by atoms with Gasteiger partial charge in [-0.2, -0.15) is 0 Å². The van der Waals surface area contributed by atoms with Crippen LogP contribution in [-0.2, 0) is 0 Å². The maximum absolute atomic E-state index is 8.72. The molecule has 1 aromatic rings. The molecule has 0 radical (unpaired) electrons. The first kappa shape index (κ1) is 12.8. The summed E-state index contributed by atoms with van der Waals surface area (Å²) in [6.45, 7) is 3.78. The van der Waals surface area contributed by atoms with Gasteiger partial charge in [-0.1, -0.05) is 12.1 Å². The molecule has 0 aromatic carbocycles. The summed E-state index contributed by atoms with van der Waals surface area (Å²) >= 11 is 1.84. The number of nitrogens with zero attached hydrogens (tertiary/aromatic N) is 1. The molecule has 2 nitrogen and oxygen atoms in total. The molecule has 2 heterocycles. The van der Waals surface area contributed by atoms with E-state index in [1.165, 1.54) is 36.4 Å². The Hall–Kier alpha value is -0.640. The van der Waals surface area contributed by atoms with Gasteiger partial charge in [-0.3, -0.25) is 4.90 Å². The molecule has 0 unspecified atom stereocenters. The Morgan fingerprint density at radius 3 is 2.88 bits per heavy atom. The summed E-state index contributed by atoms with van der Waals surface area (Å²) in [6, 6.07) is 4.34. The van der Waals surface area contributed by atoms with Crippen LogP contribution in [0.5, 0.6) is 0 Å². The second-order valence-corrected chi connectivity index (χ2v) is 5.49. The first-order chi connectivity index (χ1) is 8.40. The minimum atomic E-state index is 0.336. The van der Waals surface area contributed by atoms with Crippen LogP contribution in [0.3, 0.4) is 0 Å². The molecule has 1 aromatic heterocycles. The van der Waals surface area contributed by atoms with Crippen molar-refractivity contribution in [3.63, 3.8) is 0 Å². The van der Waals surface area contributed by atoms with Gasteiger partial charge in [0.05, 0.1) is 0 Å². The SMILES string of the molecule is OCCCCCN1CC=C(c2cccs2)CC1. The van der Waals surface area contributed by atoms with Crippen molar-refractivity contribution in [3.8, 4) is 0 Å². The van der Waals surface area contributed by atoms with Gasteiger partial charge < -0.3 is 5.11 Å². The van der Waals surface area contributed by atoms with E-state index in [9.17, 15) is 0 Å². The molecule has 94 valence electrons. The van der Waals surface area contributed by atoms with Gasteiger partial charge in [0.2, 0.25) is 0 Å². The Bertz CT molecular complexity index is 345. The lowest BCUT2D eigenvalue weighted by molar-refractivity contribution is 0.265. The molecular formula is C14H21NOS. The maximum atomic E-state index is 8.72. The van der Waals surface area contributed by atoms with Crippen LogP contribution in [0.1, 0.15) is 30.6 Å². The zero-order chi connectivity index (χ0) is 11.9. The predicted molar refractivity (Wildman–Crippen MR) is 74.3 cm³/mol. The van der Waals surface area contributed by atoms with E-state index in [-0.39, 0.29) is 0 Å². The maximum Gasteiger partial charge on any atom is 0.0431 e. The van der Waals surface area contributed by atoms with Crippen molar-refractivity contribution in [2.75, 3.05) is 26.2 Å². The fourth-order valence-electron chi connectivity index (χ4n) is 2.22. The van der Waals surface area contributed by atoms with Crippen molar-refractivity contribution in [3.05, 3.63) is 28.5 Å². The highest BCUT2D eigenvalue weighted by atomic mass is 32.1. The van der Waals surface area contributed by atoms with E-state index in [1.54, 1.807) is 0 Å². The van der Waals surface area contributed by atoms with Crippen LogP contribution in [0, 0.1) is 0 Å². The average Bonchev–Trinajstić information content (AvgIpc) is 2.89. The van der Waals surface area contributed by atoms with Gasteiger partial charge in [0.15, 0.2) is 0 Å². The Kier molecular flexibility index (Phi) is 5.23. The van der Waals surface area contributed by atoms with Gasteiger partial charge in [-0.05, 0) is 49.2 Å². The molecule has 0 saturated heterocycles. The number of hydrogen-bond acceptors (Lipinski definition) is 3. The Balaban J connectivity index is 1.73. The highest BCUT2D eigenvalue weighted by Crippen LogP contribution is 2.26. The second kappa shape index (κ2) is 6.94. The summed E-state index contributed by atoms with van der Waals surface area (Å²) in [6.07, 6.45) is 6.86. The molecule has 2 rings (SSSR count). The summed E-state index contributed by atoms with van der Waals surface area (Å²) in [5.41, 5.74) is 1.52. The largest absolute Gasteiger partial charge is 0.396 e. The molecule has 3 heteroatoms. The summed E-state index contributed by atoms with van der Waals surface area (Å²) < 4.78 is 0. The minimum Gasteiger partial charge on any atom is -0.396 e. The van der Waals surface area contributed by atoms with Gasteiger partial charge in [0.25, 0.3) is 0 Å². The van der Waals surface area contributed by atoms with Crippen molar-refractivity contribution in [2.24, 2.45) is 0 Å². The van der Waals surface area contributed by atoms with Crippen molar-refractivity contribution >= 4 is 16.9 Å². The van der Waals surface area contributed by atoms with Gasteiger partial charge in [0.1, 0.15) is 0 Å². The van der Waals surface area contributed by atoms with Crippen molar-refractivity contribution in [1.29, 1.82) is 0 Å². The lowest BCUT2D eigenvalue weighted by Gasteiger charge is -2.25. The molecule has 1 aliphatic heterocycles. The fraction of sp³-hybridized carbons (Fsp3) is 0.571. The van der Waals surface area contributed by atoms with Gasteiger partial charge >= 0.3 is 0 Å². The molecule has 0 amide bonds. The van der Waals surface area contributed by atoms with E-state index in [0.29, 0.717) is 6.61 Å². The van der Waals surface area contributed by atoms with Crippen LogP contribution >= 0.6 is 11.3 Å². The van der Waals surface area contributed by atoms with Crippen molar-refractivity contribution in [2.45, 2.75) is 25.7 Å². The van der Waals surface area contributed by atoms with Crippen LogP contribution in [0.15, 0.2) is 23.6 Å². The molecular weight excluding hydrogens is 230 g/mol. The highest BCUT2D eigenvalue weighted by molar-refractivity contribution is 7.11. The molecule has 0 fully saturated rings. The topological polar surface area (TPSA) is 23.5 Å². The quantitative estimate of drug-likeness (QED) is 0.786. The summed E-state index contributed by atoms with van der Waals surface area (Å²) in [4.78, 5) is 3.94. The Morgan fingerprint density at radius 1 is 1.29 bits per heavy atom. The standard InChI is InChI=1S/C14H21NOS/c16-11-3-1-2-8-15-9-6-13(7-10-15)14-5-4-12-17-14/h4-6,12,16H,1-3,7-11H2. The average molecular weight is 251 g/mol. The van der Waals surface area contributed by atoms with E-state index >= 15 is 0 Å². The van der Waals surface area contributed by atoms with Gasteiger partial charge in [-0.25, -0.2) is 0 Å². The second-order valence-electron chi connectivity index (χ2n) is 4.54. The summed E-state index contributed by atoms with van der Waals surface area (Å²) in [5.74, 6) is 0.